The van der Waals surface area contributed by atoms with Crippen LogP contribution in [-0.2, 0) is 0 Å². The van der Waals surface area contributed by atoms with Crippen LogP contribution in [-0.4, -0.2) is 4.98 Å². The molecule has 0 atom stereocenters. The van der Waals surface area contributed by atoms with E-state index in [-0.39, 0.29) is 0 Å². The molecular formula is C36H24N2S. The highest BCUT2D eigenvalue weighted by atomic mass is 32.1. The minimum atomic E-state index is 1.15. The first kappa shape index (κ1) is 22.2. The molecule has 6 aromatic carbocycles. The zero-order valence-corrected chi connectivity index (χ0v) is 22.0. The van der Waals surface area contributed by atoms with Crippen molar-refractivity contribution in [2.75, 3.05) is 4.90 Å². The van der Waals surface area contributed by atoms with Crippen molar-refractivity contribution in [1.29, 1.82) is 0 Å². The van der Waals surface area contributed by atoms with Crippen LogP contribution < -0.4 is 4.90 Å². The number of H-pyrrole nitrogens is 1. The summed E-state index contributed by atoms with van der Waals surface area (Å²) >= 11 is 1.88. The zero-order valence-electron chi connectivity index (χ0n) is 21.1. The standard InChI is InChI=1S/C36H24N2S/c1-3-11-24(12-4-1)38(25-13-5-2-6-14-25)26-21-22-34-32(23-26)31-19-10-18-30(36(31)39-34)29-17-9-16-28-27-15-7-8-20-33(27)37-35(28)29/h1-23,37H. The van der Waals surface area contributed by atoms with Crippen LogP contribution in [0.5, 0.6) is 0 Å². The number of aromatic amines is 1. The SMILES string of the molecule is c1ccc(N(c2ccccc2)c2ccc3sc4c(-c5cccc6c5[nH]c5ccccc56)cccc4c3c2)cc1. The van der Waals surface area contributed by atoms with Gasteiger partial charge in [-0.2, -0.15) is 0 Å². The van der Waals surface area contributed by atoms with Crippen LogP contribution in [0.15, 0.2) is 140 Å². The van der Waals surface area contributed by atoms with E-state index in [0.717, 1.165) is 17.1 Å². The fraction of sp³-hybridized carbons (Fsp3) is 0. The Balaban J connectivity index is 1.34. The molecule has 2 aromatic heterocycles. The first-order valence-corrected chi connectivity index (χ1v) is 14.0. The number of anilines is 3. The minimum Gasteiger partial charge on any atom is -0.354 e. The van der Waals surface area contributed by atoms with Gasteiger partial charge in [-0.25, -0.2) is 0 Å². The highest BCUT2D eigenvalue weighted by Crippen LogP contribution is 2.44. The van der Waals surface area contributed by atoms with Crippen molar-refractivity contribution in [2.45, 2.75) is 0 Å². The molecule has 184 valence electrons. The minimum absolute atomic E-state index is 1.15. The second-order valence-corrected chi connectivity index (χ2v) is 10.9. The number of hydrogen-bond acceptors (Lipinski definition) is 2. The molecule has 0 saturated carbocycles. The summed E-state index contributed by atoms with van der Waals surface area (Å²) in [5.41, 5.74) is 8.34. The maximum atomic E-state index is 3.70. The van der Waals surface area contributed by atoms with Crippen LogP contribution in [0.2, 0.25) is 0 Å². The largest absolute Gasteiger partial charge is 0.354 e. The van der Waals surface area contributed by atoms with E-state index in [4.69, 9.17) is 0 Å². The molecule has 0 radical (unpaired) electrons. The molecule has 2 heterocycles. The molecule has 0 amide bonds. The Labute approximate surface area is 230 Å². The van der Waals surface area contributed by atoms with E-state index in [1.54, 1.807) is 0 Å². The molecule has 0 aliphatic heterocycles. The second-order valence-electron chi connectivity index (χ2n) is 9.87. The van der Waals surface area contributed by atoms with E-state index < -0.39 is 0 Å². The second kappa shape index (κ2) is 8.87. The monoisotopic (exact) mass is 516 g/mol. The Morgan fingerprint density at radius 3 is 1.87 bits per heavy atom. The third-order valence-corrected chi connectivity index (χ3v) is 8.82. The van der Waals surface area contributed by atoms with Crippen molar-refractivity contribution in [3.63, 3.8) is 0 Å². The fourth-order valence-electron chi connectivity index (χ4n) is 5.84. The Bertz CT molecular complexity index is 2080. The van der Waals surface area contributed by atoms with Gasteiger partial charge in [0.15, 0.2) is 0 Å². The number of nitrogens with one attached hydrogen (secondary N) is 1. The van der Waals surface area contributed by atoms with Gasteiger partial charge in [0.2, 0.25) is 0 Å². The van der Waals surface area contributed by atoms with Crippen LogP contribution in [0.4, 0.5) is 17.1 Å². The van der Waals surface area contributed by atoms with Gasteiger partial charge >= 0.3 is 0 Å². The summed E-state index contributed by atoms with van der Waals surface area (Å²) in [4.78, 5) is 6.03. The Morgan fingerprint density at radius 1 is 0.462 bits per heavy atom. The van der Waals surface area contributed by atoms with Gasteiger partial charge < -0.3 is 9.88 Å². The van der Waals surface area contributed by atoms with E-state index >= 15 is 0 Å². The van der Waals surface area contributed by atoms with E-state index in [2.05, 4.69) is 149 Å². The first-order valence-electron chi connectivity index (χ1n) is 13.2. The number of para-hydroxylation sites is 4. The van der Waals surface area contributed by atoms with Crippen LogP contribution in [0, 0.1) is 0 Å². The summed E-state index contributed by atoms with van der Waals surface area (Å²) in [5.74, 6) is 0. The fourth-order valence-corrected chi connectivity index (χ4v) is 7.05. The van der Waals surface area contributed by atoms with Gasteiger partial charge in [0.1, 0.15) is 0 Å². The topological polar surface area (TPSA) is 19.0 Å². The van der Waals surface area contributed by atoms with Crippen LogP contribution in [0.25, 0.3) is 53.1 Å². The Kier molecular flexibility index (Phi) is 5.04. The molecule has 8 aromatic rings. The molecule has 0 fully saturated rings. The van der Waals surface area contributed by atoms with Gasteiger partial charge in [0.25, 0.3) is 0 Å². The van der Waals surface area contributed by atoms with Crippen LogP contribution in [0.3, 0.4) is 0 Å². The predicted molar refractivity (Wildman–Crippen MR) is 169 cm³/mol. The maximum Gasteiger partial charge on any atom is 0.0545 e. The lowest BCUT2D eigenvalue weighted by Gasteiger charge is -2.25. The average Bonchev–Trinajstić information content (AvgIpc) is 3.57. The molecule has 3 heteroatoms. The summed E-state index contributed by atoms with van der Waals surface area (Å²) in [5, 5.41) is 5.12. The van der Waals surface area contributed by atoms with Crippen molar-refractivity contribution in [2.24, 2.45) is 0 Å². The van der Waals surface area contributed by atoms with Gasteiger partial charge in [-0.05, 0) is 48.5 Å². The molecule has 0 unspecified atom stereocenters. The highest BCUT2D eigenvalue weighted by molar-refractivity contribution is 7.26. The third kappa shape index (κ3) is 3.55. The molecule has 0 bridgehead atoms. The van der Waals surface area contributed by atoms with Gasteiger partial charge in [-0.1, -0.05) is 91.0 Å². The van der Waals surface area contributed by atoms with Crippen molar-refractivity contribution in [3.8, 4) is 11.1 Å². The zero-order chi connectivity index (χ0) is 25.8. The number of rotatable bonds is 4. The smallest absolute Gasteiger partial charge is 0.0545 e. The van der Waals surface area contributed by atoms with E-state index in [1.807, 2.05) is 11.3 Å². The van der Waals surface area contributed by atoms with Crippen molar-refractivity contribution >= 4 is 70.4 Å². The van der Waals surface area contributed by atoms with Crippen molar-refractivity contribution in [3.05, 3.63) is 140 Å². The molecule has 1 N–H and O–H groups in total. The molecule has 8 rings (SSSR count). The molecule has 0 aliphatic carbocycles. The first-order chi connectivity index (χ1) is 19.3. The number of thiophene rings is 1. The number of nitrogens with zero attached hydrogens (tertiary/aromatic N) is 1. The quantitative estimate of drug-likeness (QED) is 0.246. The lowest BCUT2D eigenvalue weighted by molar-refractivity contribution is 1.29. The maximum absolute atomic E-state index is 3.70. The van der Waals surface area contributed by atoms with Crippen LogP contribution in [0.1, 0.15) is 0 Å². The van der Waals surface area contributed by atoms with E-state index in [1.165, 1.54) is 53.1 Å². The van der Waals surface area contributed by atoms with Gasteiger partial charge in [0, 0.05) is 64.7 Å². The summed E-state index contributed by atoms with van der Waals surface area (Å²) in [6.07, 6.45) is 0. The van der Waals surface area contributed by atoms with E-state index in [0.29, 0.717) is 0 Å². The lowest BCUT2D eigenvalue weighted by Crippen LogP contribution is -2.09. The van der Waals surface area contributed by atoms with Gasteiger partial charge in [-0.15, -0.1) is 11.3 Å². The van der Waals surface area contributed by atoms with Gasteiger partial charge in [0.05, 0.1) is 5.52 Å². The third-order valence-electron chi connectivity index (χ3n) is 7.60. The van der Waals surface area contributed by atoms with E-state index in [9.17, 15) is 0 Å². The van der Waals surface area contributed by atoms with Crippen molar-refractivity contribution in [1.82, 2.24) is 4.98 Å². The van der Waals surface area contributed by atoms with Crippen molar-refractivity contribution < 1.29 is 0 Å². The highest BCUT2D eigenvalue weighted by Gasteiger charge is 2.17. The number of benzene rings is 6. The summed E-state index contributed by atoms with van der Waals surface area (Å²) < 4.78 is 2.62. The van der Waals surface area contributed by atoms with Crippen LogP contribution >= 0.6 is 11.3 Å². The average molecular weight is 517 g/mol. The predicted octanol–water partition coefficient (Wildman–Crippen LogP) is 10.8. The molecule has 0 aliphatic rings. The molecule has 0 saturated heterocycles. The molecular weight excluding hydrogens is 492 g/mol. The number of aromatic nitrogens is 1. The molecule has 0 spiro atoms. The Hall–Kier alpha value is -4.86. The summed E-state index contributed by atoms with van der Waals surface area (Å²) in [6.45, 7) is 0. The lowest BCUT2D eigenvalue weighted by atomic mass is 10.00. The normalized spacial score (nSPS) is 11.6. The Morgan fingerprint density at radius 2 is 1.10 bits per heavy atom. The summed E-state index contributed by atoms with van der Waals surface area (Å²) in [6, 6.07) is 50.0. The van der Waals surface area contributed by atoms with Gasteiger partial charge in [-0.3, -0.25) is 0 Å². The number of fused-ring (bicyclic) bond motifs is 6. The molecule has 39 heavy (non-hydrogen) atoms. The summed E-state index contributed by atoms with van der Waals surface area (Å²) in [7, 11) is 0. The number of hydrogen-bond donors (Lipinski definition) is 1. The molecule has 2 nitrogen and oxygen atoms in total.